The van der Waals surface area contributed by atoms with Gasteiger partial charge < -0.3 is 19.1 Å². The molecule has 1 aromatic rings. The lowest BCUT2D eigenvalue weighted by Crippen LogP contribution is -2.37. The van der Waals surface area contributed by atoms with E-state index in [-0.39, 0.29) is 6.61 Å². The van der Waals surface area contributed by atoms with Crippen molar-refractivity contribution < 1.29 is 19.1 Å². The van der Waals surface area contributed by atoms with Crippen LogP contribution in [0.1, 0.15) is 44.3 Å². The predicted molar refractivity (Wildman–Crippen MR) is 67.7 cm³/mol. The maximum Gasteiger partial charge on any atom is 0.226 e. The van der Waals surface area contributed by atoms with Crippen molar-refractivity contribution >= 4 is 0 Å². The minimum Gasteiger partial charge on any atom is -0.396 e. The Labute approximate surface area is 113 Å². The molecule has 0 atom stereocenters. The summed E-state index contributed by atoms with van der Waals surface area (Å²) in [5, 5.41) is 12.8. The highest BCUT2D eigenvalue weighted by Crippen LogP contribution is 2.34. The van der Waals surface area contributed by atoms with Crippen molar-refractivity contribution in [2.75, 3.05) is 26.4 Å². The molecule has 1 aromatic heterocycles. The second-order valence-electron chi connectivity index (χ2n) is 4.73. The monoisotopic (exact) mass is 270 g/mol. The van der Waals surface area contributed by atoms with Crippen LogP contribution in [0.15, 0.2) is 4.52 Å². The van der Waals surface area contributed by atoms with Crippen LogP contribution < -0.4 is 0 Å². The standard InChI is InChI=1S/C13H22N2O4/c1-2-18-13(6-9-17-10-7-13)12-14-11(19-15-12)5-3-4-8-16/h16H,2-10H2,1H3. The third-order valence-corrected chi connectivity index (χ3v) is 3.40. The van der Waals surface area contributed by atoms with Crippen molar-refractivity contribution in [1.82, 2.24) is 10.1 Å². The van der Waals surface area contributed by atoms with Crippen LogP contribution >= 0.6 is 0 Å². The fourth-order valence-electron chi connectivity index (χ4n) is 2.34. The first-order chi connectivity index (χ1) is 9.30. The average Bonchev–Trinajstić information content (AvgIpc) is 2.90. The lowest BCUT2D eigenvalue weighted by atomic mass is 9.93. The normalized spacial score (nSPS) is 18.6. The molecule has 6 heteroatoms. The van der Waals surface area contributed by atoms with E-state index >= 15 is 0 Å². The van der Waals surface area contributed by atoms with Crippen molar-refractivity contribution in [3.05, 3.63) is 11.7 Å². The van der Waals surface area contributed by atoms with Gasteiger partial charge in [0, 0.05) is 45.7 Å². The molecule has 1 N–H and O–H groups in total. The van der Waals surface area contributed by atoms with Crippen LogP contribution in [0, 0.1) is 0 Å². The number of ether oxygens (including phenoxy) is 2. The van der Waals surface area contributed by atoms with E-state index in [1.165, 1.54) is 0 Å². The zero-order valence-corrected chi connectivity index (χ0v) is 11.4. The van der Waals surface area contributed by atoms with E-state index in [2.05, 4.69) is 10.1 Å². The van der Waals surface area contributed by atoms with Crippen molar-refractivity contribution in [3.8, 4) is 0 Å². The van der Waals surface area contributed by atoms with E-state index in [1.54, 1.807) is 0 Å². The van der Waals surface area contributed by atoms with Gasteiger partial charge in [-0.05, 0) is 19.8 Å². The van der Waals surface area contributed by atoms with E-state index in [4.69, 9.17) is 19.1 Å². The Balaban J connectivity index is 2.04. The van der Waals surface area contributed by atoms with E-state index in [9.17, 15) is 0 Å². The molecule has 2 rings (SSSR count). The summed E-state index contributed by atoms with van der Waals surface area (Å²) in [4.78, 5) is 4.46. The summed E-state index contributed by atoms with van der Waals surface area (Å²) in [6.07, 6.45) is 3.82. The molecular weight excluding hydrogens is 248 g/mol. The van der Waals surface area contributed by atoms with E-state index in [0.29, 0.717) is 38.0 Å². The van der Waals surface area contributed by atoms with Gasteiger partial charge in [-0.3, -0.25) is 0 Å². The molecular formula is C13H22N2O4. The molecule has 0 bridgehead atoms. The van der Waals surface area contributed by atoms with Gasteiger partial charge in [-0.15, -0.1) is 0 Å². The van der Waals surface area contributed by atoms with Gasteiger partial charge in [0.2, 0.25) is 11.7 Å². The molecule has 0 spiro atoms. The summed E-state index contributed by atoms with van der Waals surface area (Å²) in [5.74, 6) is 1.26. The first kappa shape index (κ1) is 14.4. The molecule has 2 heterocycles. The number of hydrogen-bond donors (Lipinski definition) is 1. The highest BCUT2D eigenvalue weighted by Gasteiger charge is 2.39. The van der Waals surface area contributed by atoms with E-state index in [0.717, 1.165) is 25.7 Å². The molecule has 0 aliphatic carbocycles. The van der Waals surface area contributed by atoms with E-state index in [1.807, 2.05) is 6.92 Å². The number of hydrogen-bond acceptors (Lipinski definition) is 6. The van der Waals surface area contributed by atoms with Crippen LogP contribution in [0.25, 0.3) is 0 Å². The number of aliphatic hydroxyl groups excluding tert-OH is 1. The van der Waals surface area contributed by atoms with Gasteiger partial charge >= 0.3 is 0 Å². The summed E-state index contributed by atoms with van der Waals surface area (Å²) in [7, 11) is 0. The summed E-state index contributed by atoms with van der Waals surface area (Å²) in [6.45, 7) is 4.11. The maximum absolute atomic E-state index is 8.76. The summed E-state index contributed by atoms with van der Waals surface area (Å²) in [6, 6.07) is 0. The number of rotatable bonds is 7. The molecule has 1 aliphatic heterocycles. The number of aromatic nitrogens is 2. The molecule has 6 nitrogen and oxygen atoms in total. The van der Waals surface area contributed by atoms with Crippen LogP contribution in [0.3, 0.4) is 0 Å². The molecule has 1 fully saturated rings. The van der Waals surface area contributed by atoms with Gasteiger partial charge in [0.25, 0.3) is 0 Å². The van der Waals surface area contributed by atoms with Gasteiger partial charge in [-0.2, -0.15) is 4.98 Å². The smallest absolute Gasteiger partial charge is 0.226 e. The molecule has 0 radical (unpaired) electrons. The van der Waals surface area contributed by atoms with Crippen LogP contribution in [-0.2, 0) is 21.5 Å². The van der Waals surface area contributed by atoms with Crippen molar-refractivity contribution in [2.24, 2.45) is 0 Å². The first-order valence-electron chi connectivity index (χ1n) is 6.96. The van der Waals surface area contributed by atoms with Gasteiger partial charge in [0.15, 0.2) is 0 Å². The Kier molecular flexibility index (Phi) is 5.30. The van der Waals surface area contributed by atoms with Crippen LogP contribution in [0.2, 0.25) is 0 Å². The first-order valence-corrected chi connectivity index (χ1v) is 6.96. The Bertz CT molecular complexity index is 369. The quantitative estimate of drug-likeness (QED) is 0.755. The SMILES string of the molecule is CCOC1(c2noc(CCCCO)n2)CCOCC1. The third-order valence-electron chi connectivity index (χ3n) is 3.40. The Morgan fingerprint density at radius 3 is 2.79 bits per heavy atom. The predicted octanol–water partition coefficient (Wildman–Crippen LogP) is 1.43. The topological polar surface area (TPSA) is 77.6 Å². The average molecular weight is 270 g/mol. The van der Waals surface area contributed by atoms with Crippen LogP contribution in [0.5, 0.6) is 0 Å². The molecule has 108 valence electrons. The summed E-state index contributed by atoms with van der Waals surface area (Å²) < 4.78 is 16.5. The van der Waals surface area contributed by atoms with Gasteiger partial charge in [0.1, 0.15) is 5.60 Å². The zero-order chi connectivity index (χ0) is 13.6. The zero-order valence-electron chi connectivity index (χ0n) is 11.4. The van der Waals surface area contributed by atoms with E-state index < -0.39 is 5.60 Å². The van der Waals surface area contributed by atoms with Gasteiger partial charge in [-0.25, -0.2) is 0 Å². The minimum atomic E-state index is -0.453. The number of aryl methyl sites for hydroxylation is 1. The van der Waals surface area contributed by atoms with Gasteiger partial charge in [0.05, 0.1) is 0 Å². The lowest BCUT2D eigenvalue weighted by molar-refractivity contribution is -0.118. The number of unbranched alkanes of at least 4 members (excludes halogenated alkanes) is 1. The summed E-state index contributed by atoms with van der Waals surface area (Å²) >= 11 is 0. The van der Waals surface area contributed by atoms with Crippen molar-refractivity contribution in [2.45, 2.75) is 44.6 Å². The lowest BCUT2D eigenvalue weighted by Gasteiger charge is -2.33. The van der Waals surface area contributed by atoms with Crippen molar-refractivity contribution in [3.63, 3.8) is 0 Å². The number of aliphatic hydroxyl groups is 1. The van der Waals surface area contributed by atoms with Crippen LogP contribution in [0.4, 0.5) is 0 Å². The van der Waals surface area contributed by atoms with Crippen molar-refractivity contribution in [1.29, 1.82) is 0 Å². The second kappa shape index (κ2) is 6.98. The fourth-order valence-corrected chi connectivity index (χ4v) is 2.34. The second-order valence-corrected chi connectivity index (χ2v) is 4.73. The Morgan fingerprint density at radius 2 is 2.11 bits per heavy atom. The molecule has 1 saturated heterocycles. The maximum atomic E-state index is 8.76. The minimum absolute atomic E-state index is 0.196. The molecule has 0 amide bonds. The Hall–Kier alpha value is -0.980. The molecule has 19 heavy (non-hydrogen) atoms. The molecule has 0 unspecified atom stereocenters. The summed E-state index contributed by atoms with van der Waals surface area (Å²) in [5.41, 5.74) is -0.453. The number of nitrogens with zero attached hydrogens (tertiary/aromatic N) is 2. The van der Waals surface area contributed by atoms with Gasteiger partial charge in [-0.1, -0.05) is 5.16 Å². The molecule has 0 saturated carbocycles. The molecule has 1 aliphatic rings. The highest BCUT2D eigenvalue weighted by molar-refractivity contribution is 5.03. The largest absolute Gasteiger partial charge is 0.396 e. The fraction of sp³-hybridized carbons (Fsp3) is 0.846. The molecule has 0 aromatic carbocycles. The third kappa shape index (κ3) is 3.52. The van der Waals surface area contributed by atoms with Crippen LogP contribution in [-0.4, -0.2) is 41.7 Å². The highest BCUT2D eigenvalue weighted by atomic mass is 16.5. The Morgan fingerprint density at radius 1 is 1.32 bits per heavy atom.